The lowest BCUT2D eigenvalue weighted by molar-refractivity contribution is -0.140. The van der Waals surface area contributed by atoms with Gasteiger partial charge in [-0.2, -0.15) is 0 Å². The fourth-order valence-corrected chi connectivity index (χ4v) is 1.99. The van der Waals surface area contributed by atoms with Gasteiger partial charge in [-0.3, -0.25) is 4.79 Å². The summed E-state index contributed by atoms with van der Waals surface area (Å²) in [6, 6.07) is 0. The first-order chi connectivity index (χ1) is 7.72. The minimum Gasteiger partial charge on any atom is -0.469 e. The van der Waals surface area contributed by atoms with Gasteiger partial charge in [0.15, 0.2) is 0 Å². The Hall–Kier alpha value is -0.610. The van der Waals surface area contributed by atoms with Gasteiger partial charge in [-0.25, -0.2) is 0 Å². The minimum absolute atomic E-state index is 0.123. The van der Waals surface area contributed by atoms with Crippen molar-refractivity contribution < 1.29 is 14.3 Å². The molecule has 0 radical (unpaired) electrons. The maximum absolute atomic E-state index is 10.9. The fraction of sp³-hybridized carbons (Fsp3) is 0.917. The molecule has 0 aromatic carbocycles. The number of methoxy groups -OCH3 is 1. The van der Waals surface area contributed by atoms with Gasteiger partial charge in [0.25, 0.3) is 0 Å². The van der Waals surface area contributed by atoms with E-state index in [9.17, 15) is 4.79 Å². The third kappa shape index (κ3) is 5.47. The van der Waals surface area contributed by atoms with Crippen molar-refractivity contribution in [1.29, 1.82) is 0 Å². The number of carbonyl (C=O) groups is 1. The summed E-state index contributed by atoms with van der Waals surface area (Å²) in [6.07, 6.45) is 5.39. The third-order valence-electron chi connectivity index (χ3n) is 2.94. The first-order valence-electron chi connectivity index (χ1n) is 6.09. The zero-order chi connectivity index (χ0) is 11.8. The van der Waals surface area contributed by atoms with E-state index in [4.69, 9.17) is 4.74 Å². The van der Waals surface area contributed by atoms with Gasteiger partial charge in [-0.05, 0) is 39.3 Å². The SMILES string of the molecule is COC(=O)CCCN(C)CC1CCCCO1. The molecule has 0 aromatic rings. The van der Waals surface area contributed by atoms with Crippen LogP contribution >= 0.6 is 0 Å². The molecule has 0 bridgehead atoms. The first-order valence-corrected chi connectivity index (χ1v) is 6.09. The predicted molar refractivity (Wildman–Crippen MR) is 62.3 cm³/mol. The smallest absolute Gasteiger partial charge is 0.305 e. The summed E-state index contributed by atoms with van der Waals surface area (Å²) in [4.78, 5) is 13.2. The van der Waals surface area contributed by atoms with E-state index in [1.54, 1.807) is 0 Å². The van der Waals surface area contributed by atoms with E-state index >= 15 is 0 Å². The highest BCUT2D eigenvalue weighted by Crippen LogP contribution is 2.13. The van der Waals surface area contributed by atoms with Crippen LogP contribution in [0.2, 0.25) is 0 Å². The van der Waals surface area contributed by atoms with Crippen LogP contribution in [-0.2, 0) is 14.3 Å². The molecule has 1 aliphatic heterocycles. The summed E-state index contributed by atoms with van der Waals surface area (Å²) in [5, 5.41) is 0. The molecule has 0 N–H and O–H groups in total. The van der Waals surface area contributed by atoms with E-state index < -0.39 is 0 Å². The highest BCUT2D eigenvalue weighted by molar-refractivity contribution is 5.69. The molecule has 94 valence electrons. The van der Waals surface area contributed by atoms with E-state index in [-0.39, 0.29) is 5.97 Å². The van der Waals surface area contributed by atoms with Crippen molar-refractivity contribution in [2.75, 3.05) is 33.9 Å². The summed E-state index contributed by atoms with van der Waals surface area (Å²) in [7, 11) is 3.51. The Labute approximate surface area is 97.9 Å². The van der Waals surface area contributed by atoms with E-state index in [0.717, 1.165) is 26.1 Å². The Morgan fingerprint density at radius 1 is 1.50 bits per heavy atom. The van der Waals surface area contributed by atoms with Crippen molar-refractivity contribution >= 4 is 5.97 Å². The normalized spacial score (nSPS) is 21.1. The summed E-state index contributed by atoms with van der Waals surface area (Å²) in [5.41, 5.74) is 0. The number of nitrogens with zero attached hydrogens (tertiary/aromatic N) is 1. The number of hydrogen-bond donors (Lipinski definition) is 0. The van der Waals surface area contributed by atoms with Gasteiger partial charge in [0.1, 0.15) is 0 Å². The maximum atomic E-state index is 10.9. The molecule has 1 unspecified atom stereocenters. The second-order valence-corrected chi connectivity index (χ2v) is 4.43. The molecule has 0 aliphatic carbocycles. The van der Waals surface area contributed by atoms with Crippen LogP contribution in [0.1, 0.15) is 32.1 Å². The number of likely N-dealkylation sites (N-methyl/N-ethyl adjacent to an activating group) is 1. The molecule has 16 heavy (non-hydrogen) atoms. The molecule has 1 saturated heterocycles. The Bertz CT molecular complexity index is 202. The average Bonchev–Trinajstić information content (AvgIpc) is 2.30. The predicted octanol–water partition coefficient (Wildman–Crippen LogP) is 1.44. The number of hydrogen-bond acceptors (Lipinski definition) is 4. The molecule has 0 spiro atoms. The van der Waals surface area contributed by atoms with Gasteiger partial charge in [-0.1, -0.05) is 0 Å². The number of ether oxygens (including phenoxy) is 2. The Morgan fingerprint density at radius 3 is 2.94 bits per heavy atom. The summed E-state index contributed by atoms with van der Waals surface area (Å²) in [6.45, 7) is 2.80. The topological polar surface area (TPSA) is 38.8 Å². The van der Waals surface area contributed by atoms with Gasteiger partial charge in [0.2, 0.25) is 0 Å². The number of carbonyl (C=O) groups excluding carboxylic acids is 1. The molecular formula is C12H23NO3. The van der Waals surface area contributed by atoms with Gasteiger partial charge in [-0.15, -0.1) is 0 Å². The Balaban J connectivity index is 2.05. The molecule has 1 fully saturated rings. The second-order valence-electron chi connectivity index (χ2n) is 4.43. The van der Waals surface area contributed by atoms with Crippen molar-refractivity contribution in [2.24, 2.45) is 0 Å². The highest BCUT2D eigenvalue weighted by Gasteiger charge is 2.15. The molecule has 1 aliphatic rings. The molecule has 1 rings (SSSR count). The Morgan fingerprint density at radius 2 is 2.31 bits per heavy atom. The summed E-state index contributed by atoms with van der Waals surface area (Å²) >= 11 is 0. The molecule has 4 heteroatoms. The van der Waals surface area contributed by atoms with Crippen LogP contribution < -0.4 is 0 Å². The van der Waals surface area contributed by atoms with Crippen molar-refractivity contribution in [3.8, 4) is 0 Å². The van der Waals surface area contributed by atoms with Gasteiger partial charge < -0.3 is 14.4 Å². The van der Waals surface area contributed by atoms with Gasteiger partial charge >= 0.3 is 5.97 Å². The van der Waals surface area contributed by atoms with E-state index in [2.05, 4.69) is 16.7 Å². The van der Waals surface area contributed by atoms with E-state index in [1.807, 2.05) is 0 Å². The standard InChI is InChI=1S/C12H23NO3/c1-13(8-5-7-12(14)15-2)10-11-6-3-4-9-16-11/h11H,3-10H2,1-2H3. The van der Waals surface area contributed by atoms with Crippen LogP contribution in [-0.4, -0.2) is 50.8 Å². The van der Waals surface area contributed by atoms with Crippen molar-refractivity contribution in [3.05, 3.63) is 0 Å². The van der Waals surface area contributed by atoms with E-state index in [0.29, 0.717) is 12.5 Å². The van der Waals surface area contributed by atoms with Crippen molar-refractivity contribution in [1.82, 2.24) is 4.90 Å². The zero-order valence-electron chi connectivity index (χ0n) is 10.4. The third-order valence-corrected chi connectivity index (χ3v) is 2.94. The lowest BCUT2D eigenvalue weighted by atomic mass is 10.1. The molecule has 0 saturated carbocycles. The van der Waals surface area contributed by atoms with E-state index in [1.165, 1.54) is 26.4 Å². The molecular weight excluding hydrogens is 206 g/mol. The highest BCUT2D eigenvalue weighted by atomic mass is 16.5. The number of esters is 1. The second kappa shape index (κ2) is 7.63. The molecule has 0 aromatic heterocycles. The van der Waals surface area contributed by atoms with Crippen LogP contribution in [0.5, 0.6) is 0 Å². The largest absolute Gasteiger partial charge is 0.469 e. The molecule has 1 atom stereocenters. The maximum Gasteiger partial charge on any atom is 0.305 e. The molecule has 0 amide bonds. The summed E-state index contributed by atoms with van der Waals surface area (Å²) in [5.74, 6) is -0.123. The monoisotopic (exact) mass is 229 g/mol. The van der Waals surface area contributed by atoms with Crippen molar-refractivity contribution in [3.63, 3.8) is 0 Å². The fourth-order valence-electron chi connectivity index (χ4n) is 1.99. The Kier molecular flexibility index (Phi) is 6.42. The lowest BCUT2D eigenvalue weighted by Crippen LogP contribution is -2.34. The molecule has 1 heterocycles. The minimum atomic E-state index is -0.123. The van der Waals surface area contributed by atoms with Crippen LogP contribution in [0.15, 0.2) is 0 Å². The number of rotatable bonds is 6. The van der Waals surface area contributed by atoms with Gasteiger partial charge in [0, 0.05) is 19.6 Å². The average molecular weight is 229 g/mol. The quantitative estimate of drug-likeness (QED) is 0.646. The first kappa shape index (κ1) is 13.5. The van der Waals surface area contributed by atoms with Crippen molar-refractivity contribution in [2.45, 2.75) is 38.2 Å². The zero-order valence-corrected chi connectivity index (χ0v) is 10.4. The van der Waals surface area contributed by atoms with Crippen LogP contribution in [0.25, 0.3) is 0 Å². The van der Waals surface area contributed by atoms with Gasteiger partial charge in [0.05, 0.1) is 13.2 Å². The van der Waals surface area contributed by atoms with Crippen LogP contribution in [0.4, 0.5) is 0 Å². The summed E-state index contributed by atoms with van der Waals surface area (Å²) < 4.78 is 10.3. The van der Waals surface area contributed by atoms with Crippen LogP contribution in [0.3, 0.4) is 0 Å². The lowest BCUT2D eigenvalue weighted by Gasteiger charge is -2.27. The molecule has 4 nitrogen and oxygen atoms in total. The van der Waals surface area contributed by atoms with Crippen LogP contribution in [0, 0.1) is 0 Å².